The summed E-state index contributed by atoms with van der Waals surface area (Å²) in [6.45, 7) is 0. The molecule has 0 aliphatic heterocycles. The molecule has 0 bridgehead atoms. The molecule has 0 fully saturated rings. The lowest BCUT2D eigenvalue weighted by molar-refractivity contribution is 0.683. The van der Waals surface area contributed by atoms with Crippen LogP contribution in [0.2, 0.25) is 5.02 Å². The SMILES string of the molecule is Nc1cccc(Cl)c1S(=O)Cc1cccc2ccccc12. The highest BCUT2D eigenvalue weighted by Gasteiger charge is 2.14. The Kier molecular flexibility index (Phi) is 3.95. The van der Waals surface area contributed by atoms with Crippen molar-refractivity contribution in [1.29, 1.82) is 0 Å². The molecule has 3 rings (SSSR count). The van der Waals surface area contributed by atoms with E-state index < -0.39 is 10.8 Å². The molecule has 4 heteroatoms. The molecule has 3 aromatic rings. The molecule has 2 nitrogen and oxygen atoms in total. The zero-order valence-electron chi connectivity index (χ0n) is 11.3. The second kappa shape index (κ2) is 5.88. The molecule has 0 radical (unpaired) electrons. The summed E-state index contributed by atoms with van der Waals surface area (Å²) in [5, 5.41) is 2.70. The topological polar surface area (TPSA) is 43.1 Å². The predicted octanol–water partition coefficient (Wildman–Crippen LogP) is 4.38. The van der Waals surface area contributed by atoms with E-state index >= 15 is 0 Å². The summed E-state index contributed by atoms with van der Waals surface area (Å²) < 4.78 is 12.6. The summed E-state index contributed by atoms with van der Waals surface area (Å²) in [5.74, 6) is 0.398. The standard InChI is InChI=1S/C17H14ClNOS/c18-15-9-4-10-16(19)17(15)21(20)11-13-7-3-6-12-5-1-2-8-14(12)13/h1-10H,11,19H2. The molecule has 0 aliphatic carbocycles. The molecule has 1 atom stereocenters. The number of rotatable bonds is 3. The van der Waals surface area contributed by atoms with E-state index in [-0.39, 0.29) is 0 Å². The molecule has 2 N–H and O–H groups in total. The maximum absolute atomic E-state index is 12.6. The Hall–Kier alpha value is -1.84. The number of hydrogen-bond donors (Lipinski definition) is 1. The van der Waals surface area contributed by atoms with Gasteiger partial charge < -0.3 is 5.73 Å². The van der Waals surface area contributed by atoms with Gasteiger partial charge in [0.25, 0.3) is 0 Å². The summed E-state index contributed by atoms with van der Waals surface area (Å²) in [7, 11) is -1.27. The first kappa shape index (κ1) is 14.1. The zero-order valence-corrected chi connectivity index (χ0v) is 12.8. The van der Waals surface area contributed by atoms with Crippen molar-refractivity contribution < 1.29 is 4.21 Å². The Labute approximate surface area is 131 Å². The van der Waals surface area contributed by atoms with Crippen LogP contribution in [0, 0.1) is 0 Å². The maximum Gasteiger partial charge on any atom is 0.0806 e. The van der Waals surface area contributed by atoms with Crippen LogP contribution in [0.3, 0.4) is 0 Å². The van der Waals surface area contributed by atoms with Gasteiger partial charge in [-0.15, -0.1) is 0 Å². The van der Waals surface area contributed by atoms with Crippen LogP contribution in [-0.2, 0) is 16.6 Å². The predicted molar refractivity (Wildman–Crippen MR) is 89.9 cm³/mol. The first-order valence-corrected chi connectivity index (χ1v) is 8.25. The van der Waals surface area contributed by atoms with E-state index in [1.165, 1.54) is 0 Å². The maximum atomic E-state index is 12.6. The van der Waals surface area contributed by atoms with Crippen LogP contribution < -0.4 is 5.73 Å². The van der Waals surface area contributed by atoms with Crippen molar-refractivity contribution in [2.45, 2.75) is 10.6 Å². The fourth-order valence-electron chi connectivity index (χ4n) is 2.40. The lowest BCUT2D eigenvalue weighted by Crippen LogP contribution is -2.02. The number of fused-ring (bicyclic) bond motifs is 1. The molecule has 3 aromatic carbocycles. The number of hydrogen-bond acceptors (Lipinski definition) is 2. The van der Waals surface area contributed by atoms with Gasteiger partial charge in [-0.2, -0.15) is 0 Å². The van der Waals surface area contributed by atoms with Crippen molar-refractivity contribution in [3.05, 3.63) is 71.2 Å². The minimum atomic E-state index is -1.27. The van der Waals surface area contributed by atoms with E-state index in [4.69, 9.17) is 17.3 Å². The lowest BCUT2D eigenvalue weighted by Gasteiger charge is -2.10. The first-order chi connectivity index (χ1) is 10.2. The Morgan fingerprint density at radius 3 is 2.48 bits per heavy atom. The third kappa shape index (κ3) is 2.80. The number of halogens is 1. The molecule has 0 saturated heterocycles. The second-order valence-electron chi connectivity index (χ2n) is 4.79. The highest BCUT2D eigenvalue weighted by Crippen LogP contribution is 2.29. The third-order valence-electron chi connectivity index (χ3n) is 3.39. The van der Waals surface area contributed by atoms with Crippen LogP contribution in [-0.4, -0.2) is 4.21 Å². The highest BCUT2D eigenvalue weighted by molar-refractivity contribution is 7.84. The molecular formula is C17H14ClNOS. The molecule has 0 heterocycles. The van der Waals surface area contributed by atoms with Crippen molar-refractivity contribution >= 4 is 38.9 Å². The van der Waals surface area contributed by atoms with Crippen molar-refractivity contribution in [1.82, 2.24) is 0 Å². The van der Waals surface area contributed by atoms with Gasteiger partial charge in [0, 0.05) is 5.69 Å². The number of nitrogens with two attached hydrogens (primary N) is 1. The van der Waals surface area contributed by atoms with Crippen LogP contribution in [0.4, 0.5) is 5.69 Å². The fraction of sp³-hybridized carbons (Fsp3) is 0.0588. The van der Waals surface area contributed by atoms with Crippen LogP contribution in [0.25, 0.3) is 10.8 Å². The zero-order chi connectivity index (χ0) is 14.8. The third-order valence-corrected chi connectivity index (χ3v) is 5.30. The highest BCUT2D eigenvalue weighted by atomic mass is 35.5. The Balaban J connectivity index is 2.01. The summed E-state index contributed by atoms with van der Waals surface area (Å²) in [6, 6.07) is 19.3. The number of anilines is 1. The van der Waals surface area contributed by atoms with Gasteiger partial charge in [-0.05, 0) is 28.5 Å². The molecule has 1 unspecified atom stereocenters. The van der Waals surface area contributed by atoms with Crippen LogP contribution in [0.1, 0.15) is 5.56 Å². The van der Waals surface area contributed by atoms with Crippen LogP contribution in [0.15, 0.2) is 65.6 Å². The molecule has 0 amide bonds. The van der Waals surface area contributed by atoms with E-state index in [9.17, 15) is 4.21 Å². The molecule has 106 valence electrons. The van der Waals surface area contributed by atoms with Gasteiger partial charge in [0.2, 0.25) is 0 Å². The average molecular weight is 316 g/mol. The molecule has 0 saturated carbocycles. The van der Waals surface area contributed by atoms with Gasteiger partial charge in [0.1, 0.15) is 0 Å². The normalized spacial score (nSPS) is 12.4. The number of benzene rings is 3. The summed E-state index contributed by atoms with van der Waals surface area (Å²) in [4.78, 5) is 0.520. The molecule has 0 spiro atoms. The Bertz CT molecular complexity index is 806. The Morgan fingerprint density at radius 1 is 0.952 bits per heavy atom. The minimum Gasteiger partial charge on any atom is -0.398 e. The van der Waals surface area contributed by atoms with Gasteiger partial charge in [0.05, 0.1) is 26.5 Å². The van der Waals surface area contributed by atoms with Crippen molar-refractivity contribution in [3.63, 3.8) is 0 Å². The largest absolute Gasteiger partial charge is 0.398 e. The molecule has 0 aliphatic rings. The van der Waals surface area contributed by atoms with Crippen LogP contribution >= 0.6 is 11.6 Å². The van der Waals surface area contributed by atoms with Gasteiger partial charge in [0.15, 0.2) is 0 Å². The lowest BCUT2D eigenvalue weighted by atomic mass is 10.1. The molecule has 21 heavy (non-hydrogen) atoms. The number of nitrogen functional groups attached to an aromatic ring is 1. The average Bonchev–Trinajstić information content (AvgIpc) is 2.47. The van der Waals surface area contributed by atoms with Gasteiger partial charge in [-0.1, -0.05) is 60.1 Å². The van der Waals surface area contributed by atoms with E-state index in [2.05, 4.69) is 0 Å². The van der Waals surface area contributed by atoms with E-state index in [0.717, 1.165) is 16.3 Å². The minimum absolute atomic E-state index is 0.398. The van der Waals surface area contributed by atoms with E-state index in [1.54, 1.807) is 18.2 Å². The van der Waals surface area contributed by atoms with Crippen molar-refractivity contribution in [3.8, 4) is 0 Å². The van der Waals surface area contributed by atoms with Gasteiger partial charge in [-0.3, -0.25) is 4.21 Å². The van der Waals surface area contributed by atoms with E-state index in [0.29, 0.717) is 21.4 Å². The van der Waals surface area contributed by atoms with Crippen LogP contribution in [0.5, 0.6) is 0 Å². The van der Waals surface area contributed by atoms with Gasteiger partial charge in [-0.25, -0.2) is 0 Å². The smallest absolute Gasteiger partial charge is 0.0806 e. The molecule has 0 aromatic heterocycles. The molecular weight excluding hydrogens is 302 g/mol. The summed E-state index contributed by atoms with van der Waals surface area (Å²) in [6.07, 6.45) is 0. The van der Waals surface area contributed by atoms with Crippen molar-refractivity contribution in [2.24, 2.45) is 0 Å². The van der Waals surface area contributed by atoms with E-state index in [1.807, 2.05) is 42.5 Å². The fourth-order valence-corrected chi connectivity index (χ4v) is 4.13. The monoisotopic (exact) mass is 315 g/mol. The van der Waals surface area contributed by atoms with Crippen molar-refractivity contribution in [2.75, 3.05) is 5.73 Å². The second-order valence-corrected chi connectivity index (χ2v) is 6.58. The van der Waals surface area contributed by atoms with Gasteiger partial charge >= 0.3 is 0 Å². The first-order valence-electron chi connectivity index (χ1n) is 6.56. The Morgan fingerprint density at radius 2 is 1.67 bits per heavy atom. The quantitative estimate of drug-likeness (QED) is 0.729. The summed E-state index contributed by atoms with van der Waals surface area (Å²) >= 11 is 6.14. The summed E-state index contributed by atoms with van der Waals surface area (Å²) in [5.41, 5.74) is 7.42.